The maximum atomic E-state index is 12.7. The van der Waals surface area contributed by atoms with Crippen molar-refractivity contribution in [2.24, 2.45) is 0 Å². The highest BCUT2D eigenvalue weighted by atomic mass is 16.6. The summed E-state index contributed by atoms with van der Waals surface area (Å²) in [6, 6.07) is 0. The van der Waals surface area contributed by atoms with E-state index < -0.39 is 12.1 Å². The molecule has 0 rings (SSSR count). The zero-order chi connectivity index (χ0) is 45.1. The van der Waals surface area contributed by atoms with Crippen molar-refractivity contribution >= 4 is 17.9 Å². The Labute approximate surface area is 380 Å². The first-order valence-electron chi connectivity index (χ1n) is 24.5. The SMILES string of the molecule is CC/C=C\C/C=C\C/C=C\C/C=C\CCCCCC(=O)OC(COC(=O)C/C=C\C/C=C\C/C=C\CC)COC(=O)CCCCCCCCCCC/C=C\C/C=C\C/C=C\CC. The highest BCUT2D eigenvalue weighted by molar-refractivity contribution is 5.72. The van der Waals surface area contributed by atoms with Crippen LogP contribution in [0, 0.1) is 0 Å². The normalized spacial score (nSPS) is 13.1. The molecule has 1 atom stereocenters. The summed E-state index contributed by atoms with van der Waals surface area (Å²) in [5, 5.41) is 0. The highest BCUT2D eigenvalue weighted by Gasteiger charge is 2.19. The Kier molecular flexibility index (Phi) is 46.1. The van der Waals surface area contributed by atoms with Crippen molar-refractivity contribution in [3.63, 3.8) is 0 Å². The van der Waals surface area contributed by atoms with Gasteiger partial charge < -0.3 is 14.2 Å². The molecule has 1 unspecified atom stereocenters. The quantitative estimate of drug-likeness (QED) is 0.0263. The number of carbonyl (C=O) groups is 3. The predicted molar refractivity (Wildman–Crippen MR) is 265 cm³/mol. The number of rotatable bonds is 42. The molecule has 0 aliphatic heterocycles. The molecule has 0 aliphatic carbocycles. The van der Waals surface area contributed by atoms with Gasteiger partial charge in [-0.3, -0.25) is 14.4 Å². The third-order valence-corrected chi connectivity index (χ3v) is 9.73. The molecule has 0 heterocycles. The molecule has 0 saturated heterocycles. The van der Waals surface area contributed by atoms with Crippen LogP contribution < -0.4 is 0 Å². The van der Waals surface area contributed by atoms with Crippen LogP contribution in [0.25, 0.3) is 0 Å². The second-order valence-electron chi connectivity index (χ2n) is 15.6. The van der Waals surface area contributed by atoms with Crippen LogP contribution >= 0.6 is 0 Å². The Bertz CT molecular complexity index is 1350. The van der Waals surface area contributed by atoms with Crippen LogP contribution in [0.3, 0.4) is 0 Å². The molecule has 62 heavy (non-hydrogen) atoms. The Morgan fingerprint density at radius 1 is 0.339 bits per heavy atom. The lowest BCUT2D eigenvalue weighted by atomic mass is 10.1. The molecule has 6 heteroatoms. The summed E-state index contributed by atoms with van der Waals surface area (Å²) < 4.78 is 16.6. The van der Waals surface area contributed by atoms with Crippen molar-refractivity contribution < 1.29 is 28.6 Å². The lowest BCUT2D eigenvalue weighted by Gasteiger charge is -2.18. The first-order chi connectivity index (χ1) is 30.5. The van der Waals surface area contributed by atoms with E-state index in [1.54, 1.807) is 6.08 Å². The van der Waals surface area contributed by atoms with E-state index in [2.05, 4.69) is 130 Å². The van der Waals surface area contributed by atoms with Crippen molar-refractivity contribution in [2.75, 3.05) is 13.2 Å². The largest absolute Gasteiger partial charge is 0.462 e. The molecular formula is C56H88O6. The summed E-state index contributed by atoms with van der Waals surface area (Å²) in [4.78, 5) is 37.8. The third-order valence-electron chi connectivity index (χ3n) is 9.73. The van der Waals surface area contributed by atoms with Gasteiger partial charge in [0.1, 0.15) is 13.2 Å². The van der Waals surface area contributed by atoms with E-state index in [-0.39, 0.29) is 38.0 Å². The van der Waals surface area contributed by atoms with Gasteiger partial charge in [-0.15, -0.1) is 0 Å². The highest BCUT2D eigenvalue weighted by Crippen LogP contribution is 2.13. The van der Waals surface area contributed by atoms with Crippen LogP contribution in [-0.2, 0) is 28.6 Å². The van der Waals surface area contributed by atoms with Crippen molar-refractivity contribution in [3.05, 3.63) is 122 Å². The molecule has 0 aromatic carbocycles. The Balaban J connectivity index is 4.45. The van der Waals surface area contributed by atoms with E-state index in [0.717, 1.165) is 109 Å². The fourth-order valence-electron chi connectivity index (χ4n) is 6.15. The molecule has 0 fully saturated rings. The number of ether oxygens (including phenoxy) is 3. The number of esters is 3. The van der Waals surface area contributed by atoms with E-state index in [1.165, 1.54) is 38.5 Å². The molecule has 0 aromatic heterocycles. The van der Waals surface area contributed by atoms with Crippen LogP contribution in [0.1, 0.15) is 194 Å². The van der Waals surface area contributed by atoms with Gasteiger partial charge in [0.25, 0.3) is 0 Å². The molecule has 0 aromatic rings. The molecule has 0 bridgehead atoms. The van der Waals surface area contributed by atoms with Gasteiger partial charge in [-0.25, -0.2) is 0 Å². The number of carbonyl (C=O) groups excluding carboxylic acids is 3. The lowest BCUT2D eigenvalue weighted by molar-refractivity contribution is -0.166. The van der Waals surface area contributed by atoms with Gasteiger partial charge in [-0.1, -0.05) is 194 Å². The van der Waals surface area contributed by atoms with Crippen molar-refractivity contribution in [2.45, 2.75) is 200 Å². The monoisotopic (exact) mass is 857 g/mol. The standard InChI is InChI=1S/C56H88O6/c1-4-7-10-13-16-19-21-23-25-27-28-29-31-32-34-37-40-43-46-49-55(58)61-52-53(51-60-54(57)48-45-42-39-36-18-15-12-9-6-3)62-56(59)50-47-44-41-38-35-33-30-26-24-22-20-17-14-11-8-5-2/h7-12,16-20,23-26,33,35-36,42,45,53H,4-6,13-15,21-22,27-32,34,37-41,43-44,46-52H2,1-3H3/b10-7-,11-8-,12-9-,19-16-,20-17-,25-23-,26-24-,35-33-,36-18-,45-42-. The van der Waals surface area contributed by atoms with Gasteiger partial charge in [0.15, 0.2) is 6.10 Å². The van der Waals surface area contributed by atoms with E-state index in [4.69, 9.17) is 14.2 Å². The van der Waals surface area contributed by atoms with Gasteiger partial charge in [-0.05, 0) is 103 Å². The summed E-state index contributed by atoms with van der Waals surface area (Å²) in [5.74, 6) is -1.10. The van der Waals surface area contributed by atoms with E-state index in [9.17, 15) is 14.4 Å². The smallest absolute Gasteiger partial charge is 0.309 e. The average Bonchev–Trinajstić information content (AvgIpc) is 3.27. The van der Waals surface area contributed by atoms with Gasteiger partial charge in [-0.2, -0.15) is 0 Å². The van der Waals surface area contributed by atoms with Crippen LogP contribution in [0.2, 0.25) is 0 Å². The minimum Gasteiger partial charge on any atom is -0.462 e. The summed E-state index contributed by atoms with van der Waals surface area (Å²) in [5.41, 5.74) is 0. The van der Waals surface area contributed by atoms with Crippen LogP contribution in [0.5, 0.6) is 0 Å². The summed E-state index contributed by atoms with van der Waals surface area (Å²) in [6.07, 6.45) is 67.9. The van der Waals surface area contributed by atoms with Crippen LogP contribution in [-0.4, -0.2) is 37.2 Å². The van der Waals surface area contributed by atoms with Crippen molar-refractivity contribution in [3.8, 4) is 0 Å². The summed E-state index contributed by atoms with van der Waals surface area (Å²) in [6.45, 7) is 6.14. The predicted octanol–water partition coefficient (Wildman–Crippen LogP) is 16.1. The Morgan fingerprint density at radius 2 is 0.645 bits per heavy atom. The molecule has 0 spiro atoms. The fourth-order valence-corrected chi connectivity index (χ4v) is 6.15. The van der Waals surface area contributed by atoms with Crippen molar-refractivity contribution in [1.82, 2.24) is 0 Å². The van der Waals surface area contributed by atoms with Gasteiger partial charge in [0.2, 0.25) is 0 Å². The molecular weight excluding hydrogens is 769 g/mol. The minimum absolute atomic E-state index is 0.122. The van der Waals surface area contributed by atoms with Crippen LogP contribution in [0.15, 0.2) is 122 Å². The lowest BCUT2D eigenvalue weighted by Crippen LogP contribution is -2.30. The van der Waals surface area contributed by atoms with Gasteiger partial charge in [0, 0.05) is 12.8 Å². The Hall–Kier alpha value is -4.19. The molecule has 348 valence electrons. The first kappa shape index (κ1) is 57.8. The molecule has 0 aliphatic rings. The zero-order valence-corrected chi connectivity index (χ0v) is 39.6. The topological polar surface area (TPSA) is 78.9 Å². The van der Waals surface area contributed by atoms with E-state index >= 15 is 0 Å². The van der Waals surface area contributed by atoms with E-state index in [1.807, 2.05) is 6.08 Å². The average molecular weight is 857 g/mol. The minimum atomic E-state index is -0.834. The second-order valence-corrected chi connectivity index (χ2v) is 15.6. The summed E-state index contributed by atoms with van der Waals surface area (Å²) in [7, 11) is 0. The third kappa shape index (κ3) is 46.9. The summed E-state index contributed by atoms with van der Waals surface area (Å²) >= 11 is 0. The molecule has 0 saturated carbocycles. The van der Waals surface area contributed by atoms with Crippen LogP contribution in [0.4, 0.5) is 0 Å². The maximum absolute atomic E-state index is 12.7. The second kappa shape index (κ2) is 49.5. The molecule has 0 amide bonds. The maximum Gasteiger partial charge on any atom is 0.309 e. The van der Waals surface area contributed by atoms with Gasteiger partial charge >= 0.3 is 17.9 Å². The number of unbranched alkanes of at least 4 members (excludes halogenated alkanes) is 12. The fraction of sp³-hybridized carbons (Fsp3) is 0.589. The number of allylic oxidation sites excluding steroid dienone is 19. The van der Waals surface area contributed by atoms with Gasteiger partial charge in [0.05, 0.1) is 6.42 Å². The first-order valence-corrected chi connectivity index (χ1v) is 24.5. The molecule has 6 nitrogen and oxygen atoms in total. The Morgan fingerprint density at radius 3 is 1.06 bits per heavy atom. The molecule has 0 N–H and O–H groups in total. The zero-order valence-electron chi connectivity index (χ0n) is 39.6. The number of hydrogen-bond acceptors (Lipinski definition) is 6. The van der Waals surface area contributed by atoms with Crippen molar-refractivity contribution in [1.29, 1.82) is 0 Å². The molecule has 0 radical (unpaired) electrons. The van der Waals surface area contributed by atoms with E-state index in [0.29, 0.717) is 12.8 Å². The number of hydrogen-bond donors (Lipinski definition) is 0.